The predicted molar refractivity (Wildman–Crippen MR) is 102 cm³/mol. The van der Waals surface area contributed by atoms with Crippen molar-refractivity contribution in [3.8, 4) is 0 Å². The van der Waals surface area contributed by atoms with Crippen molar-refractivity contribution in [1.82, 2.24) is 9.55 Å². The molecule has 0 bridgehead atoms. The zero-order chi connectivity index (χ0) is 16.8. The molecule has 3 nitrogen and oxygen atoms in total. The third kappa shape index (κ3) is 2.24. The number of hydrogen-bond donors (Lipinski definition) is 0. The van der Waals surface area contributed by atoms with Crippen LogP contribution in [0.3, 0.4) is 0 Å². The van der Waals surface area contributed by atoms with E-state index in [0.717, 1.165) is 11.2 Å². The van der Waals surface area contributed by atoms with E-state index in [-0.39, 0.29) is 0 Å². The summed E-state index contributed by atoms with van der Waals surface area (Å²) >= 11 is 0. The van der Waals surface area contributed by atoms with Crippen LogP contribution in [0, 0.1) is 13.8 Å². The molecule has 24 heavy (non-hydrogen) atoms. The SMILES string of the molecule is Cc1cc(N(C)c2ccc3c(c2)cc(C)n3C)c2ccccc2n1. The molecule has 0 atom stereocenters. The Morgan fingerprint density at radius 2 is 1.75 bits per heavy atom. The average molecular weight is 315 g/mol. The summed E-state index contributed by atoms with van der Waals surface area (Å²) in [6, 6.07) is 19.4. The number of pyridine rings is 1. The Hall–Kier alpha value is -2.81. The van der Waals surface area contributed by atoms with E-state index in [1.165, 1.54) is 33.4 Å². The molecule has 0 saturated carbocycles. The highest BCUT2D eigenvalue weighted by Gasteiger charge is 2.11. The van der Waals surface area contributed by atoms with Gasteiger partial charge in [0.25, 0.3) is 0 Å². The maximum Gasteiger partial charge on any atom is 0.0726 e. The Morgan fingerprint density at radius 1 is 0.958 bits per heavy atom. The molecule has 4 rings (SSSR count). The Balaban J connectivity index is 1.88. The zero-order valence-corrected chi connectivity index (χ0v) is 14.5. The third-order valence-electron chi connectivity index (χ3n) is 4.84. The van der Waals surface area contributed by atoms with Crippen LogP contribution >= 0.6 is 0 Å². The van der Waals surface area contributed by atoms with E-state index in [1.807, 2.05) is 13.0 Å². The molecule has 0 spiro atoms. The average Bonchev–Trinajstić information content (AvgIpc) is 2.87. The van der Waals surface area contributed by atoms with Gasteiger partial charge >= 0.3 is 0 Å². The number of benzene rings is 2. The maximum absolute atomic E-state index is 4.65. The molecule has 0 N–H and O–H groups in total. The summed E-state index contributed by atoms with van der Waals surface area (Å²) < 4.78 is 2.23. The van der Waals surface area contributed by atoms with Crippen molar-refractivity contribution in [3.05, 3.63) is 66.0 Å². The van der Waals surface area contributed by atoms with E-state index in [0.29, 0.717) is 0 Å². The molecule has 2 aromatic carbocycles. The van der Waals surface area contributed by atoms with Crippen LogP contribution in [0.25, 0.3) is 21.8 Å². The first kappa shape index (κ1) is 14.8. The minimum absolute atomic E-state index is 1.03. The lowest BCUT2D eigenvalue weighted by molar-refractivity contribution is 0.918. The molecule has 4 aromatic rings. The number of nitrogens with zero attached hydrogens (tertiary/aromatic N) is 3. The molecule has 0 radical (unpaired) electrons. The lowest BCUT2D eigenvalue weighted by Gasteiger charge is -2.22. The lowest BCUT2D eigenvalue weighted by Crippen LogP contribution is -2.10. The molecule has 0 aliphatic carbocycles. The standard InChI is InChI=1S/C21H21N3/c1-14-11-21(18-7-5-6-8-19(18)22-14)24(4)17-9-10-20-16(13-17)12-15(2)23(20)3/h5-13H,1-4H3. The van der Waals surface area contributed by atoms with Gasteiger partial charge in [0.15, 0.2) is 0 Å². The number of aromatic nitrogens is 2. The molecule has 2 heterocycles. The first-order valence-electron chi connectivity index (χ1n) is 8.21. The Kier molecular flexibility index (Phi) is 3.31. The quantitative estimate of drug-likeness (QED) is 0.512. The fourth-order valence-corrected chi connectivity index (χ4v) is 3.39. The van der Waals surface area contributed by atoms with Crippen molar-refractivity contribution >= 4 is 33.2 Å². The number of anilines is 2. The third-order valence-corrected chi connectivity index (χ3v) is 4.84. The van der Waals surface area contributed by atoms with Gasteiger partial charge in [0.1, 0.15) is 0 Å². The summed E-state index contributed by atoms with van der Waals surface area (Å²) in [5.74, 6) is 0. The van der Waals surface area contributed by atoms with Crippen LogP contribution in [-0.2, 0) is 7.05 Å². The highest BCUT2D eigenvalue weighted by Crippen LogP contribution is 2.33. The van der Waals surface area contributed by atoms with Crippen molar-refractivity contribution in [1.29, 1.82) is 0 Å². The summed E-state index contributed by atoms with van der Waals surface area (Å²) in [5, 5.41) is 2.45. The zero-order valence-electron chi connectivity index (χ0n) is 14.5. The van der Waals surface area contributed by atoms with Crippen molar-refractivity contribution < 1.29 is 0 Å². The number of aryl methyl sites for hydroxylation is 3. The lowest BCUT2D eigenvalue weighted by atomic mass is 10.1. The molecule has 0 unspecified atom stereocenters. The Morgan fingerprint density at radius 3 is 2.58 bits per heavy atom. The van der Waals surface area contributed by atoms with Crippen LogP contribution < -0.4 is 4.90 Å². The van der Waals surface area contributed by atoms with Gasteiger partial charge in [0.05, 0.1) is 11.2 Å². The van der Waals surface area contributed by atoms with Gasteiger partial charge in [-0.3, -0.25) is 4.98 Å². The molecule has 2 aromatic heterocycles. The topological polar surface area (TPSA) is 21.1 Å². The van der Waals surface area contributed by atoms with Crippen molar-refractivity contribution in [2.24, 2.45) is 7.05 Å². The van der Waals surface area contributed by atoms with Gasteiger partial charge in [-0.15, -0.1) is 0 Å². The van der Waals surface area contributed by atoms with Crippen molar-refractivity contribution in [2.75, 3.05) is 11.9 Å². The van der Waals surface area contributed by atoms with E-state index in [2.05, 4.69) is 84.0 Å². The molecular weight excluding hydrogens is 294 g/mol. The van der Waals surface area contributed by atoms with Crippen molar-refractivity contribution in [3.63, 3.8) is 0 Å². The van der Waals surface area contributed by atoms with Crippen LogP contribution in [0.2, 0.25) is 0 Å². The minimum atomic E-state index is 1.03. The van der Waals surface area contributed by atoms with Crippen LogP contribution in [-0.4, -0.2) is 16.6 Å². The predicted octanol–water partition coefficient (Wildman–Crippen LogP) is 5.11. The first-order chi connectivity index (χ1) is 11.5. The second-order valence-electron chi connectivity index (χ2n) is 6.45. The van der Waals surface area contributed by atoms with E-state index in [4.69, 9.17) is 0 Å². The van der Waals surface area contributed by atoms with Crippen molar-refractivity contribution in [2.45, 2.75) is 13.8 Å². The first-order valence-corrected chi connectivity index (χ1v) is 8.21. The van der Waals surface area contributed by atoms with Crippen LogP contribution in [0.1, 0.15) is 11.4 Å². The molecule has 120 valence electrons. The molecule has 3 heteroatoms. The second kappa shape index (κ2) is 5.38. The van der Waals surface area contributed by atoms with Gasteiger partial charge in [0.2, 0.25) is 0 Å². The minimum Gasteiger partial charge on any atom is -0.348 e. The highest BCUT2D eigenvalue weighted by molar-refractivity contribution is 5.95. The van der Waals surface area contributed by atoms with Gasteiger partial charge in [-0.2, -0.15) is 0 Å². The Bertz CT molecular complexity index is 1060. The molecule has 0 saturated heterocycles. The highest BCUT2D eigenvalue weighted by atomic mass is 15.1. The number of hydrogen-bond acceptors (Lipinski definition) is 2. The summed E-state index contributed by atoms with van der Waals surface area (Å²) in [4.78, 5) is 6.90. The van der Waals surface area contributed by atoms with E-state index >= 15 is 0 Å². The summed E-state index contributed by atoms with van der Waals surface area (Å²) in [7, 11) is 4.24. The summed E-state index contributed by atoms with van der Waals surface area (Å²) in [5.41, 5.74) is 6.98. The second-order valence-corrected chi connectivity index (χ2v) is 6.45. The van der Waals surface area contributed by atoms with E-state index in [1.54, 1.807) is 0 Å². The summed E-state index contributed by atoms with van der Waals surface area (Å²) in [6.07, 6.45) is 0. The smallest absolute Gasteiger partial charge is 0.0726 e. The normalized spacial score (nSPS) is 11.3. The molecule has 0 fully saturated rings. The van der Waals surface area contributed by atoms with E-state index in [9.17, 15) is 0 Å². The molecule has 0 aliphatic heterocycles. The largest absolute Gasteiger partial charge is 0.348 e. The van der Waals surface area contributed by atoms with E-state index < -0.39 is 0 Å². The van der Waals surface area contributed by atoms with Gasteiger partial charge in [0, 0.05) is 47.5 Å². The number of fused-ring (bicyclic) bond motifs is 2. The maximum atomic E-state index is 4.65. The fraction of sp³-hybridized carbons (Fsp3) is 0.190. The summed E-state index contributed by atoms with van der Waals surface area (Å²) in [6.45, 7) is 4.19. The van der Waals surface area contributed by atoms with Crippen LogP contribution in [0.5, 0.6) is 0 Å². The molecule has 0 aliphatic rings. The number of para-hydroxylation sites is 1. The number of rotatable bonds is 2. The van der Waals surface area contributed by atoms with Gasteiger partial charge in [-0.1, -0.05) is 18.2 Å². The van der Waals surface area contributed by atoms with Crippen LogP contribution in [0.15, 0.2) is 54.6 Å². The van der Waals surface area contributed by atoms with Gasteiger partial charge in [-0.25, -0.2) is 0 Å². The van der Waals surface area contributed by atoms with Crippen LogP contribution in [0.4, 0.5) is 11.4 Å². The Labute approximate surface area is 142 Å². The molecular formula is C21H21N3. The van der Waals surface area contributed by atoms with Gasteiger partial charge < -0.3 is 9.47 Å². The fourth-order valence-electron chi connectivity index (χ4n) is 3.39. The monoisotopic (exact) mass is 315 g/mol. The van der Waals surface area contributed by atoms with Gasteiger partial charge in [-0.05, 0) is 50.2 Å². The molecule has 0 amide bonds.